The molecule has 3 aromatic carbocycles. The van der Waals surface area contributed by atoms with Crippen LogP contribution in [-0.4, -0.2) is 34.9 Å². The molecular formula is C28H29Cl3N2O3. The summed E-state index contributed by atoms with van der Waals surface area (Å²) >= 11 is 18.4. The van der Waals surface area contributed by atoms with Crippen LogP contribution < -0.4 is 10.1 Å². The lowest BCUT2D eigenvalue weighted by Crippen LogP contribution is -2.55. The predicted octanol–water partition coefficient (Wildman–Crippen LogP) is 6.58. The van der Waals surface area contributed by atoms with Crippen molar-refractivity contribution < 1.29 is 14.3 Å². The van der Waals surface area contributed by atoms with Crippen LogP contribution in [0.3, 0.4) is 0 Å². The molecule has 0 spiro atoms. The number of halogens is 3. The third kappa shape index (κ3) is 8.44. The second-order valence-corrected chi connectivity index (χ2v) is 10.7. The quantitative estimate of drug-likeness (QED) is 0.329. The van der Waals surface area contributed by atoms with E-state index in [0.29, 0.717) is 27.2 Å². The lowest BCUT2D eigenvalue weighted by Gasteiger charge is -2.33. The Balaban J connectivity index is 1.95. The van der Waals surface area contributed by atoms with Crippen molar-refractivity contribution in [1.82, 2.24) is 10.2 Å². The van der Waals surface area contributed by atoms with Gasteiger partial charge < -0.3 is 15.0 Å². The van der Waals surface area contributed by atoms with Crippen molar-refractivity contribution in [3.05, 3.63) is 99.0 Å². The van der Waals surface area contributed by atoms with E-state index in [9.17, 15) is 9.59 Å². The Morgan fingerprint density at radius 3 is 2.25 bits per heavy atom. The summed E-state index contributed by atoms with van der Waals surface area (Å²) in [6.45, 7) is 5.58. The molecule has 0 saturated heterocycles. The monoisotopic (exact) mass is 546 g/mol. The van der Waals surface area contributed by atoms with Crippen LogP contribution in [0.2, 0.25) is 15.1 Å². The van der Waals surface area contributed by atoms with Crippen molar-refractivity contribution in [3.63, 3.8) is 0 Å². The minimum Gasteiger partial charge on any atom is -0.484 e. The van der Waals surface area contributed by atoms with Gasteiger partial charge in [0, 0.05) is 23.5 Å². The Morgan fingerprint density at radius 2 is 1.61 bits per heavy atom. The fourth-order valence-electron chi connectivity index (χ4n) is 3.63. The lowest BCUT2D eigenvalue weighted by atomic mass is 10.0. The molecule has 0 aliphatic carbocycles. The van der Waals surface area contributed by atoms with Crippen LogP contribution >= 0.6 is 34.8 Å². The minimum atomic E-state index is -0.795. The van der Waals surface area contributed by atoms with Gasteiger partial charge in [-0.2, -0.15) is 0 Å². The fraction of sp³-hybridized carbons (Fsp3) is 0.286. The van der Waals surface area contributed by atoms with Gasteiger partial charge in [-0.1, -0.05) is 77.3 Å². The van der Waals surface area contributed by atoms with Crippen LogP contribution in [0.4, 0.5) is 0 Å². The second kappa shape index (κ2) is 12.5. The highest BCUT2D eigenvalue weighted by atomic mass is 35.5. The van der Waals surface area contributed by atoms with Crippen molar-refractivity contribution in [3.8, 4) is 5.75 Å². The number of carbonyl (C=O) groups excluding carboxylic acids is 2. The van der Waals surface area contributed by atoms with Crippen molar-refractivity contribution >= 4 is 46.6 Å². The molecule has 36 heavy (non-hydrogen) atoms. The number of benzene rings is 3. The molecule has 1 atom stereocenters. The van der Waals surface area contributed by atoms with E-state index in [1.807, 2.05) is 51.1 Å². The highest BCUT2D eigenvalue weighted by Gasteiger charge is 2.32. The van der Waals surface area contributed by atoms with Gasteiger partial charge in [-0.05, 0) is 62.2 Å². The summed E-state index contributed by atoms with van der Waals surface area (Å²) in [6, 6.07) is 20.8. The number of nitrogens with zero attached hydrogens (tertiary/aromatic N) is 1. The topological polar surface area (TPSA) is 58.6 Å². The van der Waals surface area contributed by atoms with E-state index in [0.717, 1.165) is 11.1 Å². The first-order valence-electron chi connectivity index (χ1n) is 11.5. The summed E-state index contributed by atoms with van der Waals surface area (Å²) in [5, 5.41) is 4.31. The van der Waals surface area contributed by atoms with Gasteiger partial charge in [-0.25, -0.2) is 0 Å². The molecule has 1 unspecified atom stereocenters. The van der Waals surface area contributed by atoms with E-state index >= 15 is 0 Å². The molecule has 2 amide bonds. The molecule has 3 rings (SSSR count). The van der Waals surface area contributed by atoms with Crippen LogP contribution in [0, 0.1) is 0 Å². The van der Waals surface area contributed by atoms with Gasteiger partial charge >= 0.3 is 0 Å². The second-order valence-electron chi connectivity index (χ2n) is 9.46. The van der Waals surface area contributed by atoms with Crippen molar-refractivity contribution in [2.45, 2.75) is 45.3 Å². The van der Waals surface area contributed by atoms with Crippen LogP contribution in [0.15, 0.2) is 72.8 Å². The van der Waals surface area contributed by atoms with Gasteiger partial charge in [0.2, 0.25) is 5.91 Å². The standard InChI is InChI=1S/C28H29Cl3N2O3/c1-28(2,3)32-27(35)25(15-19-8-5-4-6-9-19)33(17-20-12-13-23(30)24(31)14-20)26(34)18-36-22-11-7-10-21(29)16-22/h4-14,16,25H,15,17-18H2,1-3H3,(H,32,35). The van der Waals surface area contributed by atoms with Crippen molar-refractivity contribution in [2.75, 3.05) is 6.61 Å². The number of nitrogens with one attached hydrogen (secondary N) is 1. The summed E-state index contributed by atoms with van der Waals surface area (Å²) in [5.74, 6) is -0.155. The Kier molecular flexibility index (Phi) is 9.66. The van der Waals surface area contributed by atoms with Crippen LogP contribution in [0.5, 0.6) is 5.75 Å². The maximum absolute atomic E-state index is 13.6. The molecule has 0 aliphatic rings. The third-order valence-electron chi connectivity index (χ3n) is 5.26. The number of ether oxygens (including phenoxy) is 1. The smallest absolute Gasteiger partial charge is 0.261 e. The third-order valence-corrected chi connectivity index (χ3v) is 6.24. The Hall–Kier alpha value is -2.73. The fourth-order valence-corrected chi connectivity index (χ4v) is 4.13. The van der Waals surface area contributed by atoms with Gasteiger partial charge in [-0.15, -0.1) is 0 Å². The highest BCUT2D eigenvalue weighted by Crippen LogP contribution is 2.25. The van der Waals surface area contributed by atoms with Crippen LogP contribution in [0.25, 0.3) is 0 Å². The number of amides is 2. The maximum Gasteiger partial charge on any atom is 0.261 e. The average Bonchev–Trinajstić information content (AvgIpc) is 2.81. The first-order chi connectivity index (χ1) is 17.0. The van der Waals surface area contributed by atoms with E-state index in [4.69, 9.17) is 39.5 Å². The Labute approximate surface area is 227 Å². The molecule has 8 heteroatoms. The van der Waals surface area contributed by atoms with Crippen molar-refractivity contribution in [1.29, 1.82) is 0 Å². The molecule has 0 aromatic heterocycles. The molecule has 0 aliphatic heterocycles. The number of hydrogen-bond acceptors (Lipinski definition) is 3. The maximum atomic E-state index is 13.6. The number of rotatable bonds is 9. The largest absolute Gasteiger partial charge is 0.484 e. The molecule has 190 valence electrons. The molecule has 0 fully saturated rings. The summed E-state index contributed by atoms with van der Waals surface area (Å²) in [5.41, 5.74) is 1.18. The Morgan fingerprint density at radius 1 is 0.889 bits per heavy atom. The minimum absolute atomic E-state index is 0.143. The van der Waals surface area contributed by atoms with Gasteiger partial charge in [-0.3, -0.25) is 9.59 Å². The molecule has 0 bridgehead atoms. The zero-order valence-corrected chi connectivity index (χ0v) is 22.7. The van der Waals surface area contributed by atoms with Crippen molar-refractivity contribution in [2.24, 2.45) is 0 Å². The molecule has 5 nitrogen and oxygen atoms in total. The van der Waals surface area contributed by atoms with E-state index in [1.165, 1.54) is 4.90 Å². The van der Waals surface area contributed by atoms with E-state index in [1.54, 1.807) is 42.5 Å². The molecule has 3 aromatic rings. The van der Waals surface area contributed by atoms with E-state index in [-0.39, 0.29) is 25.0 Å². The molecule has 0 radical (unpaired) electrons. The highest BCUT2D eigenvalue weighted by molar-refractivity contribution is 6.42. The van der Waals surface area contributed by atoms with Gasteiger partial charge in [0.15, 0.2) is 6.61 Å². The van der Waals surface area contributed by atoms with Crippen LogP contribution in [-0.2, 0) is 22.6 Å². The van der Waals surface area contributed by atoms with Gasteiger partial charge in [0.1, 0.15) is 11.8 Å². The summed E-state index contributed by atoms with van der Waals surface area (Å²) < 4.78 is 5.74. The van der Waals surface area contributed by atoms with Crippen LogP contribution in [0.1, 0.15) is 31.9 Å². The predicted molar refractivity (Wildman–Crippen MR) is 146 cm³/mol. The first-order valence-corrected chi connectivity index (χ1v) is 12.6. The summed E-state index contributed by atoms with van der Waals surface area (Å²) in [6.07, 6.45) is 0.326. The Bertz CT molecular complexity index is 1200. The SMILES string of the molecule is CC(C)(C)NC(=O)C(Cc1ccccc1)N(Cc1ccc(Cl)c(Cl)c1)C(=O)COc1cccc(Cl)c1. The van der Waals surface area contributed by atoms with Gasteiger partial charge in [0.05, 0.1) is 10.0 Å². The zero-order chi connectivity index (χ0) is 26.3. The normalized spacial score (nSPS) is 12.1. The average molecular weight is 548 g/mol. The van der Waals surface area contributed by atoms with E-state index < -0.39 is 11.6 Å². The van der Waals surface area contributed by atoms with E-state index in [2.05, 4.69) is 5.32 Å². The first kappa shape index (κ1) is 27.9. The molecule has 0 saturated carbocycles. The summed E-state index contributed by atoms with van der Waals surface area (Å²) in [4.78, 5) is 28.6. The number of hydrogen-bond donors (Lipinski definition) is 1. The number of carbonyl (C=O) groups is 2. The molecule has 1 N–H and O–H groups in total. The van der Waals surface area contributed by atoms with Gasteiger partial charge in [0.25, 0.3) is 5.91 Å². The summed E-state index contributed by atoms with van der Waals surface area (Å²) in [7, 11) is 0. The molecular weight excluding hydrogens is 519 g/mol. The zero-order valence-electron chi connectivity index (χ0n) is 20.4. The molecule has 0 heterocycles. The lowest BCUT2D eigenvalue weighted by molar-refractivity contribution is -0.143.